The molecule has 20 heavy (non-hydrogen) atoms. The van der Waals surface area contributed by atoms with Crippen LogP contribution in [0.2, 0.25) is 0 Å². The number of aromatic nitrogens is 1. The lowest BCUT2D eigenvalue weighted by Gasteiger charge is -2.32. The van der Waals surface area contributed by atoms with Gasteiger partial charge in [-0.1, -0.05) is 0 Å². The minimum Gasteiger partial charge on any atom is -0.399 e. The fraction of sp³-hybridized carbons (Fsp3) is 0.800. The van der Waals surface area contributed by atoms with Crippen molar-refractivity contribution in [1.82, 2.24) is 4.98 Å². The Morgan fingerprint density at radius 2 is 1.55 bits per heavy atom. The second kappa shape index (κ2) is 4.08. The van der Waals surface area contributed by atoms with E-state index in [0.29, 0.717) is 11.8 Å². The average molecular weight is 291 g/mol. The molecule has 1 aromatic heterocycles. The Morgan fingerprint density at radius 1 is 1.00 bits per heavy atom. The van der Waals surface area contributed by atoms with Crippen molar-refractivity contribution < 1.29 is 9.31 Å². The highest BCUT2D eigenvalue weighted by molar-refractivity contribution is 7.22. The van der Waals surface area contributed by atoms with Crippen molar-refractivity contribution in [2.75, 3.05) is 0 Å². The highest BCUT2D eigenvalue weighted by Crippen LogP contribution is 2.46. The molecule has 3 nitrogen and oxygen atoms in total. The smallest absolute Gasteiger partial charge is 0.399 e. The molecule has 0 N–H and O–H groups in total. The Bertz CT molecular complexity index is 530. The molecular weight excluding hydrogens is 269 g/mol. The van der Waals surface area contributed by atoms with Crippen molar-refractivity contribution in [1.29, 1.82) is 0 Å². The average Bonchev–Trinajstić information content (AvgIpc) is 3.25. The molecule has 1 aromatic rings. The summed E-state index contributed by atoms with van der Waals surface area (Å²) in [5, 5.41) is 1.32. The van der Waals surface area contributed by atoms with Crippen LogP contribution in [0.4, 0.5) is 0 Å². The van der Waals surface area contributed by atoms with E-state index in [1.165, 1.54) is 41.2 Å². The Hall–Kier alpha value is -0.385. The van der Waals surface area contributed by atoms with Gasteiger partial charge in [0.25, 0.3) is 0 Å². The fourth-order valence-electron chi connectivity index (χ4n) is 2.63. The Morgan fingerprint density at radius 3 is 2.05 bits per heavy atom. The first-order chi connectivity index (χ1) is 9.37. The van der Waals surface area contributed by atoms with E-state index < -0.39 is 0 Å². The van der Waals surface area contributed by atoms with Crippen LogP contribution in [0.15, 0.2) is 0 Å². The van der Waals surface area contributed by atoms with Crippen LogP contribution in [0.25, 0.3) is 0 Å². The predicted octanol–water partition coefficient (Wildman–Crippen LogP) is 3.20. The van der Waals surface area contributed by atoms with Gasteiger partial charge in [0, 0.05) is 11.8 Å². The Kier molecular flexibility index (Phi) is 2.71. The van der Waals surface area contributed by atoms with Crippen LogP contribution in [0.1, 0.15) is 75.9 Å². The lowest BCUT2D eigenvalue weighted by atomic mass is 9.85. The molecular formula is C15H22BNO2S. The number of rotatable bonds is 3. The molecule has 4 rings (SSSR count). The summed E-state index contributed by atoms with van der Waals surface area (Å²) in [6, 6.07) is 0. The van der Waals surface area contributed by atoms with Gasteiger partial charge in [0.05, 0.1) is 26.7 Å². The number of hydrogen-bond donors (Lipinski definition) is 0. The molecule has 0 radical (unpaired) electrons. The summed E-state index contributed by atoms with van der Waals surface area (Å²) in [6.45, 7) is 8.47. The molecule has 5 heteroatoms. The summed E-state index contributed by atoms with van der Waals surface area (Å²) in [5.74, 6) is 1.38. The van der Waals surface area contributed by atoms with Crippen molar-refractivity contribution >= 4 is 23.2 Å². The maximum Gasteiger partial charge on any atom is 0.507 e. The fourth-order valence-corrected chi connectivity index (χ4v) is 3.92. The van der Waals surface area contributed by atoms with E-state index >= 15 is 0 Å². The summed E-state index contributed by atoms with van der Waals surface area (Å²) >= 11 is 1.84. The summed E-state index contributed by atoms with van der Waals surface area (Å²) in [5.41, 5.74) is 0.750. The first-order valence-corrected chi connectivity index (χ1v) is 8.55. The zero-order valence-electron chi connectivity index (χ0n) is 12.7. The van der Waals surface area contributed by atoms with Gasteiger partial charge in [0.1, 0.15) is 0 Å². The molecule has 2 saturated carbocycles. The number of hydrogen-bond acceptors (Lipinski definition) is 4. The van der Waals surface area contributed by atoms with Crippen LogP contribution in [-0.2, 0) is 9.31 Å². The monoisotopic (exact) mass is 291 g/mol. The van der Waals surface area contributed by atoms with Crippen LogP contribution in [0.5, 0.6) is 0 Å². The Balaban J connectivity index is 1.68. The zero-order chi connectivity index (χ0) is 14.1. The van der Waals surface area contributed by atoms with Gasteiger partial charge in [-0.05, 0) is 53.4 Å². The molecule has 0 aromatic carbocycles. The van der Waals surface area contributed by atoms with E-state index in [0.717, 1.165) is 0 Å². The summed E-state index contributed by atoms with van der Waals surface area (Å²) < 4.78 is 13.7. The van der Waals surface area contributed by atoms with Crippen molar-refractivity contribution in [2.45, 2.75) is 76.4 Å². The van der Waals surface area contributed by atoms with Gasteiger partial charge in [-0.25, -0.2) is 4.98 Å². The lowest BCUT2D eigenvalue weighted by molar-refractivity contribution is 0.00578. The van der Waals surface area contributed by atoms with E-state index in [-0.39, 0.29) is 18.3 Å². The van der Waals surface area contributed by atoms with Crippen molar-refractivity contribution in [3.63, 3.8) is 0 Å². The molecule has 3 aliphatic rings. The molecule has 3 fully saturated rings. The first-order valence-electron chi connectivity index (χ1n) is 7.73. The van der Waals surface area contributed by atoms with E-state index in [4.69, 9.17) is 14.3 Å². The van der Waals surface area contributed by atoms with Crippen molar-refractivity contribution in [3.05, 3.63) is 10.7 Å². The Labute approximate surface area is 125 Å². The van der Waals surface area contributed by atoms with Crippen LogP contribution in [0.3, 0.4) is 0 Å². The largest absolute Gasteiger partial charge is 0.507 e. The second-order valence-corrected chi connectivity index (χ2v) is 8.50. The van der Waals surface area contributed by atoms with Gasteiger partial charge < -0.3 is 9.31 Å². The normalized spacial score (nSPS) is 28.1. The molecule has 2 aliphatic carbocycles. The predicted molar refractivity (Wildman–Crippen MR) is 81.8 cm³/mol. The molecule has 0 bridgehead atoms. The molecule has 0 atom stereocenters. The standard InChI is InChI=1S/C15H22BNO2S/c1-14(2)15(3,4)19-16(18-14)12-11(9-5-6-9)17-13(20-12)10-7-8-10/h9-10H,5-8H2,1-4H3. The summed E-state index contributed by atoms with van der Waals surface area (Å²) in [7, 11) is -0.222. The molecule has 0 spiro atoms. The highest BCUT2D eigenvalue weighted by Gasteiger charge is 2.54. The summed E-state index contributed by atoms with van der Waals surface area (Å²) in [6.07, 6.45) is 5.17. The molecule has 108 valence electrons. The topological polar surface area (TPSA) is 31.4 Å². The van der Waals surface area contributed by atoms with Gasteiger partial charge in [0.15, 0.2) is 0 Å². The van der Waals surface area contributed by atoms with Crippen LogP contribution in [-0.4, -0.2) is 23.3 Å². The lowest BCUT2D eigenvalue weighted by Crippen LogP contribution is -2.41. The molecule has 2 heterocycles. The highest BCUT2D eigenvalue weighted by atomic mass is 32.1. The third-order valence-corrected chi connectivity index (χ3v) is 6.31. The van der Waals surface area contributed by atoms with Crippen molar-refractivity contribution in [3.8, 4) is 0 Å². The third-order valence-electron chi connectivity index (χ3n) is 5.06. The number of thiazole rings is 1. The third kappa shape index (κ3) is 2.06. The quantitative estimate of drug-likeness (QED) is 0.801. The van der Waals surface area contributed by atoms with E-state index in [2.05, 4.69) is 27.7 Å². The first kappa shape index (κ1) is 13.3. The minimum absolute atomic E-state index is 0.222. The summed E-state index contributed by atoms with van der Waals surface area (Å²) in [4.78, 5) is 4.93. The van der Waals surface area contributed by atoms with E-state index in [1.54, 1.807) is 0 Å². The second-order valence-electron chi connectivity index (χ2n) is 7.44. The van der Waals surface area contributed by atoms with Crippen LogP contribution < -0.4 is 4.78 Å². The van der Waals surface area contributed by atoms with Crippen LogP contribution >= 0.6 is 11.3 Å². The van der Waals surface area contributed by atoms with Gasteiger partial charge in [-0.3, -0.25) is 0 Å². The van der Waals surface area contributed by atoms with Gasteiger partial charge in [-0.15, -0.1) is 11.3 Å². The van der Waals surface area contributed by atoms with E-state index in [1.807, 2.05) is 11.3 Å². The van der Waals surface area contributed by atoms with Gasteiger partial charge in [0.2, 0.25) is 0 Å². The van der Waals surface area contributed by atoms with Crippen molar-refractivity contribution in [2.24, 2.45) is 0 Å². The SMILES string of the molecule is CC1(C)OB(c2sc(C3CC3)nc2C2CC2)OC1(C)C. The van der Waals surface area contributed by atoms with Gasteiger partial charge >= 0.3 is 7.12 Å². The molecule has 0 amide bonds. The molecule has 1 saturated heterocycles. The maximum absolute atomic E-state index is 6.23. The number of nitrogens with zero attached hydrogens (tertiary/aromatic N) is 1. The molecule has 0 unspecified atom stereocenters. The van der Waals surface area contributed by atoms with Crippen LogP contribution in [0, 0.1) is 0 Å². The van der Waals surface area contributed by atoms with E-state index in [9.17, 15) is 0 Å². The van der Waals surface area contributed by atoms with Gasteiger partial charge in [-0.2, -0.15) is 0 Å². The zero-order valence-corrected chi connectivity index (χ0v) is 13.5. The maximum atomic E-state index is 6.23. The molecule has 1 aliphatic heterocycles. The minimum atomic E-state index is -0.262.